The van der Waals surface area contributed by atoms with Crippen molar-refractivity contribution in [3.8, 4) is 11.4 Å². The van der Waals surface area contributed by atoms with Gasteiger partial charge in [-0.2, -0.15) is 5.10 Å². The van der Waals surface area contributed by atoms with Gasteiger partial charge in [0.25, 0.3) is 5.56 Å². The molecule has 27 heavy (non-hydrogen) atoms. The summed E-state index contributed by atoms with van der Waals surface area (Å²) in [6.07, 6.45) is 3.28. The molecule has 3 aromatic heterocycles. The minimum absolute atomic E-state index is 0.236. The number of benzene rings is 1. The van der Waals surface area contributed by atoms with E-state index in [0.29, 0.717) is 34.7 Å². The van der Waals surface area contributed by atoms with E-state index in [2.05, 4.69) is 20.1 Å². The third-order valence-corrected chi connectivity index (χ3v) is 4.30. The summed E-state index contributed by atoms with van der Waals surface area (Å²) in [4.78, 5) is 35.2. The molecule has 8 nitrogen and oxygen atoms in total. The quantitative estimate of drug-likeness (QED) is 0.573. The number of aromatic amines is 1. The van der Waals surface area contributed by atoms with Crippen LogP contribution >= 0.6 is 0 Å². The van der Waals surface area contributed by atoms with Crippen molar-refractivity contribution in [2.75, 3.05) is 0 Å². The number of pyridine rings is 1. The first-order valence-electron chi connectivity index (χ1n) is 8.29. The van der Waals surface area contributed by atoms with Gasteiger partial charge in [-0.15, -0.1) is 0 Å². The number of primary amides is 1. The molecule has 0 saturated heterocycles. The summed E-state index contributed by atoms with van der Waals surface area (Å²) in [6, 6.07) is 10.5. The number of aromatic nitrogens is 5. The van der Waals surface area contributed by atoms with Gasteiger partial charge in [0.05, 0.1) is 12.2 Å². The Labute approximate surface area is 153 Å². The van der Waals surface area contributed by atoms with Gasteiger partial charge in [-0.1, -0.05) is 12.1 Å². The van der Waals surface area contributed by atoms with E-state index >= 15 is 0 Å². The lowest BCUT2D eigenvalue weighted by atomic mass is 10.1. The Morgan fingerprint density at radius 2 is 1.85 bits per heavy atom. The van der Waals surface area contributed by atoms with Gasteiger partial charge < -0.3 is 10.7 Å². The molecule has 0 atom stereocenters. The summed E-state index contributed by atoms with van der Waals surface area (Å²) in [7, 11) is 0. The van der Waals surface area contributed by atoms with E-state index in [4.69, 9.17) is 5.73 Å². The van der Waals surface area contributed by atoms with E-state index in [1.54, 1.807) is 60.4 Å². The third-order valence-electron chi connectivity index (χ3n) is 4.30. The second-order valence-corrected chi connectivity index (χ2v) is 6.15. The second-order valence-electron chi connectivity index (χ2n) is 6.15. The van der Waals surface area contributed by atoms with Crippen LogP contribution in [0.25, 0.3) is 22.4 Å². The zero-order chi connectivity index (χ0) is 19.0. The first-order valence-corrected chi connectivity index (χ1v) is 8.29. The number of carbonyl (C=O) groups excluding carboxylic acids is 1. The molecule has 0 aliphatic rings. The zero-order valence-corrected chi connectivity index (χ0v) is 14.5. The lowest BCUT2D eigenvalue weighted by Gasteiger charge is -2.05. The first kappa shape index (κ1) is 16.6. The van der Waals surface area contributed by atoms with Crippen LogP contribution in [0.2, 0.25) is 0 Å². The number of nitrogens with one attached hydrogen (secondary N) is 1. The van der Waals surface area contributed by atoms with Crippen LogP contribution in [0.4, 0.5) is 0 Å². The maximum absolute atomic E-state index is 12.6. The van der Waals surface area contributed by atoms with Crippen molar-refractivity contribution >= 4 is 16.9 Å². The summed E-state index contributed by atoms with van der Waals surface area (Å²) in [5.41, 5.74) is 8.26. The van der Waals surface area contributed by atoms with Gasteiger partial charge in [-0.05, 0) is 36.8 Å². The summed E-state index contributed by atoms with van der Waals surface area (Å²) in [5, 5.41) is 4.93. The summed E-state index contributed by atoms with van der Waals surface area (Å²) < 4.78 is 1.68. The molecule has 3 N–H and O–H groups in total. The molecule has 0 radical (unpaired) electrons. The predicted molar refractivity (Wildman–Crippen MR) is 100 cm³/mol. The number of H-pyrrole nitrogens is 1. The molecule has 0 aliphatic heterocycles. The fourth-order valence-corrected chi connectivity index (χ4v) is 2.96. The number of rotatable bonds is 4. The Morgan fingerprint density at radius 1 is 1.15 bits per heavy atom. The van der Waals surface area contributed by atoms with Gasteiger partial charge in [0, 0.05) is 23.5 Å². The molecular weight excluding hydrogens is 344 g/mol. The van der Waals surface area contributed by atoms with Crippen LogP contribution in [-0.4, -0.2) is 30.6 Å². The maximum atomic E-state index is 12.6. The van der Waals surface area contributed by atoms with E-state index in [9.17, 15) is 9.59 Å². The van der Waals surface area contributed by atoms with Crippen LogP contribution in [0.15, 0.2) is 53.6 Å². The number of carbonyl (C=O) groups is 1. The summed E-state index contributed by atoms with van der Waals surface area (Å²) in [6.45, 7) is 2.19. The molecule has 0 aliphatic carbocycles. The number of hydrogen-bond donors (Lipinski definition) is 2. The average Bonchev–Trinajstić information content (AvgIpc) is 2.99. The molecule has 0 fully saturated rings. The normalized spacial score (nSPS) is 11.0. The number of nitrogens with zero attached hydrogens (tertiary/aromatic N) is 4. The van der Waals surface area contributed by atoms with Crippen molar-refractivity contribution < 1.29 is 4.79 Å². The van der Waals surface area contributed by atoms with Crippen LogP contribution < -0.4 is 11.3 Å². The molecule has 134 valence electrons. The molecule has 0 saturated carbocycles. The number of aryl methyl sites for hydroxylation is 1. The fraction of sp³-hybridized carbons (Fsp3) is 0.105. The number of amides is 1. The SMILES string of the molecule is Cc1nn(Cc2ccc(C(N)=O)cc2)c2nc(-c3ccncc3)[nH]c(=O)c12. The van der Waals surface area contributed by atoms with Gasteiger partial charge in [-0.3, -0.25) is 14.6 Å². The molecule has 1 aromatic carbocycles. The van der Waals surface area contributed by atoms with Crippen molar-refractivity contribution in [2.45, 2.75) is 13.5 Å². The van der Waals surface area contributed by atoms with Crippen molar-refractivity contribution in [2.24, 2.45) is 5.73 Å². The van der Waals surface area contributed by atoms with Gasteiger partial charge in [0.2, 0.25) is 5.91 Å². The minimum Gasteiger partial charge on any atom is -0.366 e. The lowest BCUT2D eigenvalue weighted by molar-refractivity contribution is 0.100. The highest BCUT2D eigenvalue weighted by atomic mass is 16.1. The third kappa shape index (κ3) is 3.08. The maximum Gasteiger partial charge on any atom is 0.262 e. The highest BCUT2D eigenvalue weighted by Gasteiger charge is 2.15. The Balaban J connectivity index is 1.80. The second kappa shape index (κ2) is 6.49. The molecule has 3 heterocycles. The van der Waals surface area contributed by atoms with E-state index in [1.165, 1.54) is 0 Å². The topological polar surface area (TPSA) is 120 Å². The molecule has 0 bridgehead atoms. The molecule has 0 spiro atoms. The molecule has 0 unspecified atom stereocenters. The van der Waals surface area contributed by atoms with Crippen molar-refractivity contribution in [3.05, 3.63) is 76.0 Å². The largest absolute Gasteiger partial charge is 0.366 e. The van der Waals surface area contributed by atoms with Crippen LogP contribution in [0.5, 0.6) is 0 Å². The highest BCUT2D eigenvalue weighted by molar-refractivity contribution is 5.92. The minimum atomic E-state index is -0.475. The van der Waals surface area contributed by atoms with Gasteiger partial charge in [0.15, 0.2) is 5.65 Å². The highest BCUT2D eigenvalue weighted by Crippen LogP contribution is 2.18. The summed E-state index contributed by atoms with van der Waals surface area (Å²) in [5.74, 6) is -0.0164. The van der Waals surface area contributed by atoms with E-state index in [0.717, 1.165) is 11.1 Å². The molecular formula is C19H16N6O2. The van der Waals surface area contributed by atoms with Crippen LogP contribution in [0, 0.1) is 6.92 Å². The molecule has 4 rings (SSSR count). The molecule has 4 aromatic rings. The van der Waals surface area contributed by atoms with Crippen LogP contribution in [-0.2, 0) is 6.54 Å². The van der Waals surface area contributed by atoms with Crippen LogP contribution in [0.1, 0.15) is 21.6 Å². The van der Waals surface area contributed by atoms with E-state index in [-0.39, 0.29) is 5.56 Å². The van der Waals surface area contributed by atoms with E-state index < -0.39 is 5.91 Å². The molecule has 1 amide bonds. The Kier molecular flexibility index (Phi) is 4.00. The molecule has 8 heteroatoms. The van der Waals surface area contributed by atoms with Crippen molar-refractivity contribution in [1.82, 2.24) is 24.7 Å². The number of hydrogen-bond acceptors (Lipinski definition) is 5. The van der Waals surface area contributed by atoms with Gasteiger partial charge >= 0.3 is 0 Å². The first-order chi connectivity index (χ1) is 13.0. The average molecular weight is 360 g/mol. The monoisotopic (exact) mass is 360 g/mol. The van der Waals surface area contributed by atoms with Gasteiger partial charge in [-0.25, -0.2) is 9.67 Å². The Morgan fingerprint density at radius 3 is 2.52 bits per heavy atom. The lowest BCUT2D eigenvalue weighted by Crippen LogP contribution is -2.12. The zero-order valence-electron chi connectivity index (χ0n) is 14.5. The summed E-state index contributed by atoms with van der Waals surface area (Å²) >= 11 is 0. The van der Waals surface area contributed by atoms with Crippen molar-refractivity contribution in [3.63, 3.8) is 0 Å². The Hall–Kier alpha value is -3.81. The number of nitrogens with two attached hydrogens (primary N) is 1. The van der Waals surface area contributed by atoms with E-state index in [1.807, 2.05) is 0 Å². The number of fused-ring (bicyclic) bond motifs is 1. The Bertz CT molecular complexity index is 1190. The predicted octanol–water partition coefficient (Wildman–Crippen LogP) is 1.64. The fourth-order valence-electron chi connectivity index (χ4n) is 2.96. The smallest absolute Gasteiger partial charge is 0.262 e. The van der Waals surface area contributed by atoms with Gasteiger partial charge in [0.1, 0.15) is 11.2 Å². The standard InChI is InChI=1S/C19H16N6O2/c1-11-15-18(22-17(23-19(15)27)14-6-8-21-9-7-14)25(24-11)10-12-2-4-13(5-3-12)16(20)26/h2-9H,10H2,1H3,(H2,20,26)(H,22,23,27). The van der Waals surface area contributed by atoms with Crippen molar-refractivity contribution in [1.29, 1.82) is 0 Å². The van der Waals surface area contributed by atoms with Crippen LogP contribution in [0.3, 0.4) is 0 Å².